The predicted octanol–water partition coefficient (Wildman–Crippen LogP) is 2.88. The third-order valence-corrected chi connectivity index (χ3v) is 3.91. The van der Waals surface area contributed by atoms with E-state index in [4.69, 9.17) is 4.52 Å². The van der Waals surface area contributed by atoms with Crippen LogP contribution in [-0.2, 0) is 5.54 Å². The first-order chi connectivity index (χ1) is 9.17. The molecule has 0 spiro atoms. The van der Waals surface area contributed by atoms with Crippen molar-refractivity contribution in [2.45, 2.75) is 31.7 Å². The molecule has 6 heteroatoms. The summed E-state index contributed by atoms with van der Waals surface area (Å²) in [6.45, 7) is 3.11. The summed E-state index contributed by atoms with van der Waals surface area (Å²) in [6, 6.07) is 1.93. The Morgan fingerprint density at radius 2 is 2.26 bits per heavy atom. The largest absolute Gasteiger partial charge is 0.337 e. The molecule has 100 valence electrons. The Balaban J connectivity index is 1.91. The highest BCUT2D eigenvalue weighted by Gasteiger charge is 2.34. The smallest absolute Gasteiger partial charge is 0.246 e. The Labute approximate surface area is 119 Å². The number of halogens is 1. The number of nitrogens with zero attached hydrogens (tertiary/aromatic N) is 3. The van der Waals surface area contributed by atoms with Crippen LogP contribution < -0.4 is 5.32 Å². The van der Waals surface area contributed by atoms with E-state index in [1.165, 1.54) is 12.8 Å². The second-order valence-electron chi connectivity index (χ2n) is 5.03. The molecule has 5 nitrogen and oxygen atoms in total. The van der Waals surface area contributed by atoms with Gasteiger partial charge in [0, 0.05) is 22.4 Å². The van der Waals surface area contributed by atoms with Crippen LogP contribution in [-0.4, -0.2) is 21.7 Å². The molecule has 1 atom stereocenters. The molecular weight excluding hydrogens is 308 g/mol. The van der Waals surface area contributed by atoms with Gasteiger partial charge >= 0.3 is 0 Å². The Morgan fingerprint density at radius 1 is 1.37 bits per heavy atom. The zero-order valence-electron chi connectivity index (χ0n) is 10.7. The zero-order chi connectivity index (χ0) is 13.3. The Morgan fingerprint density at radius 3 is 3.00 bits per heavy atom. The first kappa shape index (κ1) is 12.7. The summed E-state index contributed by atoms with van der Waals surface area (Å²) in [6.07, 6.45) is 6.86. The van der Waals surface area contributed by atoms with Gasteiger partial charge in [-0.3, -0.25) is 4.98 Å². The molecule has 0 aromatic carbocycles. The fourth-order valence-corrected chi connectivity index (χ4v) is 2.70. The van der Waals surface area contributed by atoms with Gasteiger partial charge in [0.05, 0.1) is 5.54 Å². The second kappa shape index (κ2) is 5.02. The average Bonchev–Trinajstić information content (AvgIpc) is 2.90. The average molecular weight is 323 g/mol. The zero-order valence-corrected chi connectivity index (χ0v) is 12.3. The normalized spacial score (nSPS) is 23.5. The Bertz CT molecular complexity index is 578. The number of aromatic nitrogens is 3. The Hall–Kier alpha value is -1.27. The molecule has 1 aliphatic rings. The fraction of sp³-hybridized carbons (Fsp3) is 0.462. The van der Waals surface area contributed by atoms with Crippen molar-refractivity contribution in [2.24, 2.45) is 0 Å². The van der Waals surface area contributed by atoms with Crippen molar-refractivity contribution in [3.8, 4) is 11.4 Å². The number of nitrogens with one attached hydrogen (secondary N) is 1. The summed E-state index contributed by atoms with van der Waals surface area (Å²) in [5.74, 6) is 1.24. The topological polar surface area (TPSA) is 63.8 Å². The monoisotopic (exact) mass is 322 g/mol. The Kier molecular flexibility index (Phi) is 3.36. The highest BCUT2D eigenvalue weighted by Crippen LogP contribution is 2.30. The van der Waals surface area contributed by atoms with Gasteiger partial charge < -0.3 is 9.84 Å². The van der Waals surface area contributed by atoms with Crippen LogP contribution in [0, 0.1) is 0 Å². The lowest BCUT2D eigenvalue weighted by atomic mass is 9.91. The first-order valence-corrected chi connectivity index (χ1v) is 7.17. The van der Waals surface area contributed by atoms with Crippen LogP contribution >= 0.6 is 15.9 Å². The van der Waals surface area contributed by atoms with Gasteiger partial charge in [0.2, 0.25) is 11.7 Å². The standard InChI is InChI=1S/C13H15BrN4O/c1-13(4-2-3-5-16-13)12-17-11(18-19-12)9-6-10(14)8-15-7-9/h6-8,16H,2-5H2,1H3. The second-order valence-corrected chi connectivity index (χ2v) is 5.95. The molecule has 2 aromatic rings. The molecule has 3 rings (SSSR count). The first-order valence-electron chi connectivity index (χ1n) is 6.37. The van der Waals surface area contributed by atoms with Crippen LogP contribution in [0.3, 0.4) is 0 Å². The molecule has 19 heavy (non-hydrogen) atoms. The van der Waals surface area contributed by atoms with E-state index >= 15 is 0 Å². The maximum Gasteiger partial charge on any atom is 0.246 e. The molecule has 3 heterocycles. The van der Waals surface area contributed by atoms with Crippen LogP contribution in [0.25, 0.3) is 11.4 Å². The summed E-state index contributed by atoms with van der Waals surface area (Å²) >= 11 is 3.39. The maximum atomic E-state index is 5.43. The molecule has 1 fully saturated rings. The van der Waals surface area contributed by atoms with E-state index in [1.807, 2.05) is 6.07 Å². The number of piperidine rings is 1. The molecule has 0 aliphatic carbocycles. The highest BCUT2D eigenvalue weighted by molar-refractivity contribution is 9.10. The van der Waals surface area contributed by atoms with Gasteiger partial charge in [0.1, 0.15) is 0 Å². The van der Waals surface area contributed by atoms with Crippen molar-refractivity contribution in [3.63, 3.8) is 0 Å². The summed E-state index contributed by atoms with van der Waals surface area (Å²) in [4.78, 5) is 8.63. The third-order valence-electron chi connectivity index (χ3n) is 3.48. The van der Waals surface area contributed by atoms with Gasteiger partial charge in [-0.25, -0.2) is 0 Å². The summed E-state index contributed by atoms with van der Waals surface area (Å²) < 4.78 is 6.34. The highest BCUT2D eigenvalue weighted by atomic mass is 79.9. The molecule has 0 bridgehead atoms. The minimum atomic E-state index is -0.205. The predicted molar refractivity (Wildman–Crippen MR) is 74.4 cm³/mol. The third kappa shape index (κ3) is 2.55. The summed E-state index contributed by atoms with van der Waals surface area (Å²) in [5, 5.41) is 7.53. The van der Waals surface area contributed by atoms with Gasteiger partial charge in [-0.15, -0.1) is 0 Å². The molecule has 0 saturated carbocycles. The van der Waals surface area contributed by atoms with Crippen LogP contribution in [0.4, 0.5) is 0 Å². The molecule has 0 amide bonds. The van der Waals surface area contributed by atoms with E-state index in [2.05, 4.69) is 43.3 Å². The van der Waals surface area contributed by atoms with E-state index in [1.54, 1.807) is 12.4 Å². The van der Waals surface area contributed by atoms with Crippen molar-refractivity contribution < 1.29 is 4.52 Å². The summed E-state index contributed by atoms with van der Waals surface area (Å²) in [7, 11) is 0. The van der Waals surface area contributed by atoms with E-state index in [9.17, 15) is 0 Å². The molecule has 1 aliphatic heterocycles. The number of pyridine rings is 1. The van der Waals surface area contributed by atoms with Crippen LogP contribution in [0.15, 0.2) is 27.5 Å². The van der Waals surface area contributed by atoms with Gasteiger partial charge in [0.15, 0.2) is 0 Å². The van der Waals surface area contributed by atoms with Gasteiger partial charge in [-0.1, -0.05) is 5.16 Å². The lowest BCUT2D eigenvalue weighted by Gasteiger charge is -2.31. The maximum absolute atomic E-state index is 5.43. The van der Waals surface area contributed by atoms with Crippen LogP contribution in [0.5, 0.6) is 0 Å². The molecule has 0 radical (unpaired) electrons. The fourth-order valence-electron chi connectivity index (χ4n) is 2.34. The van der Waals surface area contributed by atoms with Crippen molar-refractivity contribution in [2.75, 3.05) is 6.54 Å². The molecule has 1 unspecified atom stereocenters. The van der Waals surface area contributed by atoms with Crippen molar-refractivity contribution >= 4 is 15.9 Å². The SMILES string of the molecule is CC1(c2nc(-c3cncc(Br)c3)no2)CCCCN1. The lowest BCUT2D eigenvalue weighted by Crippen LogP contribution is -2.43. The quantitative estimate of drug-likeness (QED) is 0.921. The van der Waals surface area contributed by atoms with Crippen molar-refractivity contribution in [3.05, 3.63) is 28.8 Å². The van der Waals surface area contributed by atoms with Crippen molar-refractivity contribution in [1.82, 2.24) is 20.4 Å². The van der Waals surface area contributed by atoms with Gasteiger partial charge in [-0.05, 0) is 54.7 Å². The molecule has 1 N–H and O–H groups in total. The van der Waals surface area contributed by atoms with Crippen LogP contribution in [0.1, 0.15) is 32.1 Å². The molecular formula is C13H15BrN4O. The van der Waals surface area contributed by atoms with Crippen molar-refractivity contribution in [1.29, 1.82) is 0 Å². The van der Waals surface area contributed by atoms with E-state index in [-0.39, 0.29) is 5.54 Å². The number of hydrogen-bond acceptors (Lipinski definition) is 5. The van der Waals surface area contributed by atoms with E-state index in [0.717, 1.165) is 23.0 Å². The number of hydrogen-bond donors (Lipinski definition) is 1. The molecule has 2 aromatic heterocycles. The lowest BCUT2D eigenvalue weighted by molar-refractivity contribution is 0.207. The van der Waals surface area contributed by atoms with E-state index < -0.39 is 0 Å². The number of rotatable bonds is 2. The van der Waals surface area contributed by atoms with E-state index in [0.29, 0.717) is 11.7 Å². The molecule has 1 saturated heterocycles. The minimum absolute atomic E-state index is 0.205. The van der Waals surface area contributed by atoms with Crippen LogP contribution in [0.2, 0.25) is 0 Å². The van der Waals surface area contributed by atoms with Gasteiger partial charge in [0.25, 0.3) is 0 Å². The minimum Gasteiger partial charge on any atom is -0.337 e. The summed E-state index contributed by atoms with van der Waals surface area (Å²) in [5.41, 5.74) is 0.645. The van der Waals surface area contributed by atoms with Gasteiger partial charge in [-0.2, -0.15) is 4.98 Å².